The smallest absolute Gasteiger partial charge is 0.462 e. The highest BCUT2D eigenvalue weighted by molar-refractivity contribution is 7.47. The number of allylic oxidation sites excluding steroid dienone is 5. The van der Waals surface area contributed by atoms with Crippen LogP contribution in [0.25, 0.3) is 0 Å². The Morgan fingerprint density at radius 1 is 0.583 bits per heavy atom. The first-order valence-corrected chi connectivity index (χ1v) is 25.4. The van der Waals surface area contributed by atoms with Crippen LogP contribution in [0.15, 0.2) is 36.5 Å². The number of hydrogen-bond donors (Lipinski definition) is 3. The largest absolute Gasteiger partial charge is 0.472 e. The quantitative estimate of drug-likeness (QED) is 0.0178. The van der Waals surface area contributed by atoms with Crippen molar-refractivity contribution in [1.29, 1.82) is 0 Å². The molecular weight excluding hydrogens is 781 g/mol. The van der Waals surface area contributed by atoms with E-state index in [0.717, 1.165) is 70.6 Å². The van der Waals surface area contributed by atoms with E-state index >= 15 is 0 Å². The van der Waals surface area contributed by atoms with Crippen molar-refractivity contribution in [1.82, 2.24) is 0 Å². The van der Waals surface area contributed by atoms with Crippen molar-refractivity contribution in [3.8, 4) is 0 Å². The van der Waals surface area contributed by atoms with Gasteiger partial charge in [0.1, 0.15) is 19.8 Å². The van der Waals surface area contributed by atoms with Gasteiger partial charge < -0.3 is 29.1 Å². The summed E-state index contributed by atoms with van der Waals surface area (Å²) in [5.41, 5.74) is 0. The maximum atomic E-state index is 12.7. The predicted molar refractivity (Wildman–Crippen MR) is 246 cm³/mol. The van der Waals surface area contributed by atoms with Gasteiger partial charge in [-0.05, 0) is 70.6 Å². The van der Waals surface area contributed by atoms with Crippen LogP contribution in [0.4, 0.5) is 0 Å². The third-order valence-electron chi connectivity index (χ3n) is 10.3. The van der Waals surface area contributed by atoms with E-state index in [0.29, 0.717) is 36.7 Å². The highest BCUT2D eigenvalue weighted by Crippen LogP contribution is 2.43. The number of unbranched alkanes of at least 4 members (excludes halogenated alkanes) is 19. The first-order valence-electron chi connectivity index (χ1n) is 23.9. The van der Waals surface area contributed by atoms with Crippen molar-refractivity contribution >= 4 is 19.8 Å². The zero-order valence-electron chi connectivity index (χ0n) is 38.9. The Morgan fingerprint density at radius 2 is 1.07 bits per heavy atom. The van der Waals surface area contributed by atoms with E-state index in [2.05, 4.69) is 44.2 Å². The molecule has 0 saturated carbocycles. The normalized spacial score (nSPS) is 14.9. The van der Waals surface area contributed by atoms with Gasteiger partial charge in [-0.15, -0.1) is 0 Å². The molecule has 1 unspecified atom stereocenters. The van der Waals surface area contributed by atoms with E-state index in [1.165, 1.54) is 70.6 Å². The summed E-state index contributed by atoms with van der Waals surface area (Å²) in [5.74, 6) is -0.913. The minimum atomic E-state index is -4.42. The lowest BCUT2D eigenvalue weighted by Gasteiger charge is -2.24. The minimum Gasteiger partial charge on any atom is -0.462 e. The van der Waals surface area contributed by atoms with Crippen LogP contribution in [0.1, 0.15) is 194 Å². The van der Waals surface area contributed by atoms with Crippen LogP contribution < -0.4 is 0 Å². The van der Waals surface area contributed by atoms with Gasteiger partial charge in [0.25, 0.3) is 0 Å². The number of ether oxygens (including phenoxy) is 2. The predicted octanol–water partition coefficient (Wildman–Crippen LogP) is 11.6. The zero-order chi connectivity index (χ0) is 44.6. The van der Waals surface area contributed by atoms with Crippen LogP contribution in [-0.2, 0) is 32.7 Å². The topological polar surface area (TPSA) is 149 Å². The molecule has 352 valence electrons. The Morgan fingerprint density at radius 3 is 1.62 bits per heavy atom. The highest BCUT2D eigenvalue weighted by Gasteiger charge is 2.27. The molecule has 0 aliphatic rings. The second-order valence-corrected chi connectivity index (χ2v) is 18.9. The minimum absolute atomic E-state index is 0.00235. The number of rotatable bonds is 43. The molecule has 60 heavy (non-hydrogen) atoms. The van der Waals surface area contributed by atoms with Crippen LogP contribution in [0.2, 0.25) is 0 Å². The molecule has 12 heteroatoms. The Bertz CT molecular complexity index is 1150. The maximum absolute atomic E-state index is 12.7. The molecule has 4 atom stereocenters. The Hall–Kier alpha value is -1.85. The number of quaternary nitrogens is 1. The summed E-state index contributed by atoms with van der Waals surface area (Å²) >= 11 is 0. The number of aliphatic hydroxyl groups excluding tert-OH is 2. The molecule has 0 aliphatic carbocycles. The van der Waals surface area contributed by atoms with Crippen LogP contribution in [0.3, 0.4) is 0 Å². The summed E-state index contributed by atoms with van der Waals surface area (Å²) in [4.78, 5) is 35.5. The fourth-order valence-corrected chi connectivity index (χ4v) is 7.16. The maximum Gasteiger partial charge on any atom is 0.472 e. The molecule has 0 aromatic carbocycles. The van der Waals surface area contributed by atoms with Gasteiger partial charge in [0, 0.05) is 12.8 Å². The lowest BCUT2D eigenvalue weighted by molar-refractivity contribution is -0.870. The van der Waals surface area contributed by atoms with Gasteiger partial charge in [-0.2, -0.15) is 0 Å². The second-order valence-electron chi connectivity index (χ2n) is 17.4. The van der Waals surface area contributed by atoms with Gasteiger partial charge in [-0.25, -0.2) is 4.57 Å². The first-order chi connectivity index (χ1) is 28.8. The number of nitrogens with zero attached hydrogens (tertiary/aromatic N) is 1. The van der Waals surface area contributed by atoms with Crippen molar-refractivity contribution in [3.05, 3.63) is 36.5 Å². The van der Waals surface area contributed by atoms with Crippen LogP contribution in [-0.4, -0.2) is 97.3 Å². The number of phosphoric acid groups is 1. The SMILES string of the molecule is CCCCC/C=C\C/C=C\CCCCCCCCCCCC(=O)OC[C@H](COP(=O)(O)OCC[N+](C)(C)C)OC(=O)CCCCCCC[C@H](O)[C@@H](O)C/C=C\CCCCC. The molecule has 0 rings (SSSR count). The summed E-state index contributed by atoms with van der Waals surface area (Å²) in [6.45, 7) is 4.16. The summed E-state index contributed by atoms with van der Waals surface area (Å²) in [6.07, 6.45) is 37.8. The Labute approximate surface area is 367 Å². The van der Waals surface area contributed by atoms with Crippen LogP contribution in [0, 0.1) is 0 Å². The molecule has 3 N–H and O–H groups in total. The molecule has 0 aromatic heterocycles. The molecule has 0 heterocycles. The number of aliphatic hydroxyl groups is 2. The first kappa shape index (κ1) is 58.1. The van der Waals surface area contributed by atoms with Gasteiger partial charge in [-0.3, -0.25) is 18.6 Å². The molecule has 11 nitrogen and oxygen atoms in total. The monoisotopic (exact) mass is 873 g/mol. The molecule has 0 fully saturated rings. The Balaban J connectivity index is 4.41. The second kappa shape index (κ2) is 40.0. The van der Waals surface area contributed by atoms with Crippen molar-refractivity contribution in [3.63, 3.8) is 0 Å². The van der Waals surface area contributed by atoms with Crippen molar-refractivity contribution in [2.45, 2.75) is 212 Å². The zero-order valence-corrected chi connectivity index (χ0v) is 39.8. The number of carbonyl (C=O) groups is 2. The molecule has 0 aliphatic heterocycles. The van der Waals surface area contributed by atoms with Gasteiger partial charge >= 0.3 is 19.8 Å². The van der Waals surface area contributed by atoms with Gasteiger partial charge in [0.2, 0.25) is 0 Å². The summed E-state index contributed by atoms with van der Waals surface area (Å²) in [7, 11) is 1.38. The van der Waals surface area contributed by atoms with E-state index in [1.54, 1.807) is 0 Å². The van der Waals surface area contributed by atoms with Crippen molar-refractivity contribution in [2.75, 3.05) is 47.5 Å². The number of carbonyl (C=O) groups excluding carboxylic acids is 2. The summed E-state index contributed by atoms with van der Waals surface area (Å²) in [6, 6.07) is 0. The Kier molecular flexibility index (Phi) is 38.7. The average molecular weight is 873 g/mol. The van der Waals surface area contributed by atoms with E-state index in [4.69, 9.17) is 18.5 Å². The van der Waals surface area contributed by atoms with Crippen LogP contribution >= 0.6 is 7.82 Å². The van der Waals surface area contributed by atoms with Gasteiger partial charge in [-0.1, -0.05) is 147 Å². The van der Waals surface area contributed by atoms with E-state index in [9.17, 15) is 29.3 Å². The van der Waals surface area contributed by atoms with E-state index in [-0.39, 0.29) is 26.1 Å². The molecule has 0 bridgehead atoms. The third kappa shape index (κ3) is 41.5. The lowest BCUT2D eigenvalue weighted by atomic mass is 10.0. The fraction of sp³-hybridized carbons (Fsp3) is 0.833. The summed E-state index contributed by atoms with van der Waals surface area (Å²) in [5, 5.41) is 20.5. The highest BCUT2D eigenvalue weighted by atomic mass is 31.2. The lowest BCUT2D eigenvalue weighted by Crippen LogP contribution is -2.37. The number of esters is 2. The van der Waals surface area contributed by atoms with Crippen molar-refractivity contribution < 1.29 is 52.3 Å². The molecule has 0 aromatic rings. The summed E-state index contributed by atoms with van der Waals surface area (Å²) < 4.78 is 34.3. The van der Waals surface area contributed by atoms with Crippen LogP contribution in [0.5, 0.6) is 0 Å². The fourth-order valence-electron chi connectivity index (χ4n) is 6.42. The standard InChI is InChI=1S/C48H90NO10P/c1-6-8-10-12-14-15-16-17-18-19-20-21-22-23-24-25-26-30-34-38-47(52)56-42-44(43-58-60(54,55)57-41-40-49(3,4)5)59-48(53)39-35-31-27-29-33-37-46(51)45(50)36-32-28-13-11-9-7-2/h14-15,17-18,28,32,44-46,50-51H,6-13,16,19-27,29-31,33-43H2,1-5H3/p+1/b15-14-,18-17-,32-28-/t44-,45+,46+/m1/s1. The number of phosphoric ester groups is 1. The van der Waals surface area contributed by atoms with Crippen molar-refractivity contribution in [2.24, 2.45) is 0 Å². The molecule has 0 radical (unpaired) electrons. The van der Waals surface area contributed by atoms with Gasteiger partial charge in [0.05, 0.1) is 40.0 Å². The van der Waals surface area contributed by atoms with E-state index in [1.807, 2.05) is 27.2 Å². The molecule has 0 spiro atoms. The van der Waals surface area contributed by atoms with E-state index < -0.39 is 44.7 Å². The molecule has 0 amide bonds. The number of likely N-dealkylation sites (N-methyl/N-ethyl adjacent to an activating group) is 1. The van der Waals surface area contributed by atoms with Gasteiger partial charge in [0.15, 0.2) is 6.10 Å². The molecular formula is C48H91NO10P+. The third-order valence-corrected chi connectivity index (χ3v) is 11.3. The molecule has 0 saturated heterocycles. The number of hydrogen-bond acceptors (Lipinski definition) is 9. The average Bonchev–Trinajstić information content (AvgIpc) is 3.19.